The van der Waals surface area contributed by atoms with Crippen LogP contribution in [-0.2, 0) is 13.1 Å². The summed E-state index contributed by atoms with van der Waals surface area (Å²) in [6.45, 7) is 7.83. The molecule has 224 valence electrons. The van der Waals surface area contributed by atoms with E-state index in [1.807, 2.05) is 19.1 Å². The van der Waals surface area contributed by atoms with Crippen molar-refractivity contribution in [2.75, 3.05) is 25.3 Å². The first-order valence-corrected chi connectivity index (χ1v) is 15.2. The number of anilines is 1. The molecule has 0 saturated heterocycles. The van der Waals surface area contributed by atoms with Crippen LogP contribution in [-0.4, -0.2) is 48.3 Å². The molecule has 2 aromatic carbocycles. The van der Waals surface area contributed by atoms with Gasteiger partial charge in [-0.1, -0.05) is 29.3 Å². The lowest BCUT2D eigenvalue weighted by atomic mass is 9.88. The highest BCUT2D eigenvalue weighted by atomic mass is 35.5. The summed E-state index contributed by atoms with van der Waals surface area (Å²) >= 11 is 12.8. The molecule has 0 unspecified atom stereocenters. The van der Waals surface area contributed by atoms with Crippen LogP contribution in [0.25, 0.3) is 0 Å². The first-order valence-electron chi connectivity index (χ1n) is 14.5. The van der Waals surface area contributed by atoms with Gasteiger partial charge in [-0.05, 0) is 88.9 Å². The van der Waals surface area contributed by atoms with E-state index in [4.69, 9.17) is 32.7 Å². The highest BCUT2D eigenvalue weighted by Gasteiger charge is 2.29. The van der Waals surface area contributed by atoms with Crippen molar-refractivity contribution >= 4 is 34.8 Å². The summed E-state index contributed by atoms with van der Waals surface area (Å²) in [5, 5.41) is 3.60. The van der Waals surface area contributed by atoms with Gasteiger partial charge < -0.3 is 24.7 Å². The molecule has 0 spiro atoms. The first-order chi connectivity index (χ1) is 20.1. The minimum absolute atomic E-state index is 0.0237. The standard InChI is InChI=1S/C32H38Cl2N4O4/c1-5-38(24-9-7-23(8-10-24)37(4)17-21-6-11-29-30(13-21)42-18-41-29)27-15-22(33)14-25(20(27)3)32(40)35-16-26-28(39)12-19(2)36-31(26)34/h6,11-15,23-24H,5,7-10,16-18H2,1-4H3,(H,35,40)(H,36,39)/t23-,24-. The lowest BCUT2D eigenvalue weighted by Gasteiger charge is -2.41. The number of aromatic nitrogens is 1. The van der Waals surface area contributed by atoms with Crippen molar-refractivity contribution in [1.29, 1.82) is 0 Å². The van der Waals surface area contributed by atoms with Gasteiger partial charge in [-0.25, -0.2) is 0 Å². The average molecular weight is 614 g/mol. The molecule has 8 nitrogen and oxygen atoms in total. The molecule has 1 aromatic heterocycles. The molecule has 2 N–H and O–H groups in total. The number of rotatable bonds is 9. The number of nitrogens with zero attached hydrogens (tertiary/aromatic N) is 2. The van der Waals surface area contributed by atoms with Crippen LogP contribution >= 0.6 is 23.2 Å². The number of carbonyl (C=O) groups is 1. The van der Waals surface area contributed by atoms with E-state index in [9.17, 15) is 9.59 Å². The highest BCUT2D eigenvalue weighted by Crippen LogP contribution is 2.36. The highest BCUT2D eigenvalue weighted by molar-refractivity contribution is 6.31. The van der Waals surface area contributed by atoms with Crippen LogP contribution < -0.4 is 25.1 Å². The molecule has 42 heavy (non-hydrogen) atoms. The first kappa shape index (κ1) is 30.3. The number of halogens is 2. The molecule has 5 rings (SSSR count). The van der Waals surface area contributed by atoms with Gasteiger partial charge in [0.25, 0.3) is 5.91 Å². The number of pyridine rings is 1. The number of carbonyl (C=O) groups excluding carboxylic acids is 1. The largest absolute Gasteiger partial charge is 0.454 e. The lowest BCUT2D eigenvalue weighted by molar-refractivity contribution is 0.0950. The molecule has 0 radical (unpaired) electrons. The normalized spacial score (nSPS) is 17.9. The summed E-state index contributed by atoms with van der Waals surface area (Å²) in [7, 11) is 2.19. The number of fused-ring (bicyclic) bond motifs is 1. The molecule has 0 atom stereocenters. The maximum atomic E-state index is 13.3. The summed E-state index contributed by atoms with van der Waals surface area (Å²) in [6.07, 6.45) is 4.26. The fourth-order valence-electron chi connectivity index (χ4n) is 6.20. The maximum absolute atomic E-state index is 13.3. The number of hydrogen-bond donors (Lipinski definition) is 2. The summed E-state index contributed by atoms with van der Waals surface area (Å²) in [4.78, 5) is 33.4. The van der Waals surface area contributed by atoms with Crippen molar-refractivity contribution in [2.45, 2.75) is 71.6 Å². The molecule has 0 bridgehead atoms. The molecule has 1 aliphatic carbocycles. The fraction of sp³-hybridized carbons (Fsp3) is 0.438. The predicted molar refractivity (Wildman–Crippen MR) is 167 cm³/mol. The van der Waals surface area contributed by atoms with E-state index in [0.717, 1.165) is 61.5 Å². The van der Waals surface area contributed by atoms with Gasteiger partial charge in [-0.3, -0.25) is 14.5 Å². The zero-order chi connectivity index (χ0) is 30.0. The minimum atomic E-state index is -0.294. The Morgan fingerprint density at radius 2 is 1.74 bits per heavy atom. The second-order valence-electron chi connectivity index (χ2n) is 11.2. The van der Waals surface area contributed by atoms with Crippen molar-refractivity contribution in [3.05, 3.63) is 84.7 Å². The number of nitrogens with one attached hydrogen (secondary N) is 2. The molecular weight excluding hydrogens is 575 g/mol. The van der Waals surface area contributed by atoms with Crippen molar-refractivity contribution in [3.8, 4) is 11.5 Å². The topological polar surface area (TPSA) is 86.9 Å². The Morgan fingerprint density at radius 1 is 1.02 bits per heavy atom. The lowest BCUT2D eigenvalue weighted by Crippen LogP contribution is -2.43. The third kappa shape index (κ3) is 6.56. The minimum Gasteiger partial charge on any atom is -0.454 e. The van der Waals surface area contributed by atoms with Crippen LogP contribution in [0.4, 0.5) is 5.69 Å². The molecule has 1 aliphatic heterocycles. The van der Waals surface area contributed by atoms with Crippen LogP contribution in [0.3, 0.4) is 0 Å². The molecule has 3 aromatic rings. The van der Waals surface area contributed by atoms with Gasteiger partial charge in [0.1, 0.15) is 5.15 Å². The average Bonchev–Trinajstić information content (AvgIpc) is 3.42. The van der Waals surface area contributed by atoms with Crippen LogP contribution in [0, 0.1) is 13.8 Å². The van der Waals surface area contributed by atoms with Crippen LogP contribution in [0.2, 0.25) is 10.2 Å². The van der Waals surface area contributed by atoms with Gasteiger partial charge in [0.05, 0.1) is 5.56 Å². The van der Waals surface area contributed by atoms with E-state index >= 15 is 0 Å². The van der Waals surface area contributed by atoms with Crippen molar-refractivity contribution < 1.29 is 14.3 Å². The van der Waals surface area contributed by atoms with Gasteiger partial charge in [0.15, 0.2) is 16.9 Å². The van der Waals surface area contributed by atoms with Crippen LogP contribution in [0.15, 0.2) is 41.2 Å². The van der Waals surface area contributed by atoms with E-state index in [2.05, 4.69) is 46.2 Å². The third-order valence-electron chi connectivity index (χ3n) is 8.48. The van der Waals surface area contributed by atoms with E-state index in [-0.39, 0.29) is 29.8 Å². The maximum Gasteiger partial charge on any atom is 0.251 e. The van der Waals surface area contributed by atoms with Gasteiger partial charge in [-0.2, -0.15) is 0 Å². The monoisotopic (exact) mass is 612 g/mol. The quantitative estimate of drug-likeness (QED) is 0.279. The Bertz CT molecular complexity index is 1520. The number of benzene rings is 2. The van der Waals surface area contributed by atoms with Gasteiger partial charge >= 0.3 is 0 Å². The molecule has 1 saturated carbocycles. The Balaban J connectivity index is 1.24. The molecule has 2 heterocycles. The van der Waals surface area contributed by atoms with E-state index in [1.54, 1.807) is 13.0 Å². The summed E-state index contributed by atoms with van der Waals surface area (Å²) in [6, 6.07) is 12.1. The smallest absolute Gasteiger partial charge is 0.251 e. The third-order valence-corrected chi connectivity index (χ3v) is 9.02. The summed E-state index contributed by atoms with van der Waals surface area (Å²) in [5.41, 5.74) is 4.32. The Kier molecular flexibility index (Phi) is 9.35. The Hall–Kier alpha value is -3.20. The number of hydrogen-bond acceptors (Lipinski definition) is 6. The zero-order valence-corrected chi connectivity index (χ0v) is 26.1. The fourth-order valence-corrected chi connectivity index (χ4v) is 6.72. The molecule has 1 amide bonds. The van der Waals surface area contributed by atoms with Gasteiger partial charge in [-0.15, -0.1) is 0 Å². The van der Waals surface area contributed by atoms with Gasteiger partial charge in [0.2, 0.25) is 6.79 Å². The SMILES string of the molecule is CCN(c1cc(Cl)cc(C(=O)NCc2c(Cl)[nH]c(C)cc2=O)c1C)[C@H]1CC[C@H](N(C)Cc2ccc3c(c2)OCO3)CC1. The van der Waals surface area contributed by atoms with Crippen molar-refractivity contribution in [3.63, 3.8) is 0 Å². The Morgan fingerprint density at radius 3 is 2.45 bits per heavy atom. The number of ether oxygens (including phenoxy) is 2. The van der Waals surface area contributed by atoms with E-state index in [0.29, 0.717) is 33.9 Å². The number of H-pyrrole nitrogens is 1. The van der Waals surface area contributed by atoms with Crippen LogP contribution in [0.5, 0.6) is 11.5 Å². The molecular formula is C32H38Cl2N4O4. The second-order valence-corrected chi connectivity index (χ2v) is 12.1. The number of amides is 1. The summed E-state index contributed by atoms with van der Waals surface area (Å²) < 4.78 is 11.0. The van der Waals surface area contributed by atoms with Crippen molar-refractivity contribution in [2.24, 2.45) is 0 Å². The molecule has 1 fully saturated rings. The van der Waals surface area contributed by atoms with E-state index < -0.39 is 0 Å². The second kappa shape index (κ2) is 13.0. The molecule has 2 aliphatic rings. The number of aryl methyl sites for hydroxylation is 1. The molecule has 10 heteroatoms. The predicted octanol–water partition coefficient (Wildman–Crippen LogP) is 6.23. The van der Waals surface area contributed by atoms with E-state index in [1.165, 1.54) is 11.6 Å². The number of aromatic amines is 1. The van der Waals surface area contributed by atoms with Gasteiger partial charge in [0, 0.05) is 59.8 Å². The van der Waals surface area contributed by atoms with Crippen LogP contribution in [0.1, 0.15) is 65.3 Å². The van der Waals surface area contributed by atoms with Crippen molar-refractivity contribution in [1.82, 2.24) is 15.2 Å². The Labute approximate surface area is 256 Å². The summed E-state index contributed by atoms with van der Waals surface area (Å²) in [5.74, 6) is 1.34. The zero-order valence-electron chi connectivity index (χ0n) is 24.6.